The molecule has 3 aromatic carbocycles. The number of benzene rings is 3. The van der Waals surface area contributed by atoms with Crippen molar-refractivity contribution in [3.05, 3.63) is 83.4 Å². The molecule has 222 valence electrons. The number of para-hydroxylation sites is 1. The first kappa shape index (κ1) is 28.2. The smallest absolute Gasteiger partial charge is 0.337 e. The van der Waals surface area contributed by atoms with E-state index in [9.17, 15) is 14.4 Å². The quantitative estimate of drug-likeness (QED) is 0.291. The van der Waals surface area contributed by atoms with E-state index in [0.29, 0.717) is 33.7 Å². The van der Waals surface area contributed by atoms with Crippen molar-refractivity contribution in [2.75, 3.05) is 13.9 Å². The SMILES string of the molecule is COC(=O)c1ccc(C(C(=O)NC2CCCCC2)N(Cc2ccc3c(c2)OCO3)C(=O)Cn2nnc3ccccc32)cc1. The van der Waals surface area contributed by atoms with E-state index in [4.69, 9.17) is 14.2 Å². The summed E-state index contributed by atoms with van der Waals surface area (Å²) >= 11 is 0. The van der Waals surface area contributed by atoms with Crippen molar-refractivity contribution < 1.29 is 28.6 Å². The van der Waals surface area contributed by atoms with Gasteiger partial charge in [-0.05, 0) is 60.4 Å². The van der Waals surface area contributed by atoms with Gasteiger partial charge in [0.15, 0.2) is 11.5 Å². The van der Waals surface area contributed by atoms with Gasteiger partial charge in [0.1, 0.15) is 18.1 Å². The highest BCUT2D eigenvalue weighted by Crippen LogP contribution is 2.34. The monoisotopic (exact) mass is 583 g/mol. The summed E-state index contributed by atoms with van der Waals surface area (Å²) in [6, 6.07) is 18.5. The topological polar surface area (TPSA) is 125 Å². The molecule has 4 aromatic rings. The van der Waals surface area contributed by atoms with Crippen LogP contribution in [0, 0.1) is 0 Å². The Morgan fingerprint density at radius 1 is 1.00 bits per heavy atom. The van der Waals surface area contributed by atoms with E-state index in [1.807, 2.05) is 36.4 Å². The molecule has 2 amide bonds. The highest BCUT2D eigenvalue weighted by molar-refractivity contribution is 5.91. The normalized spacial score (nSPS) is 15.2. The fraction of sp³-hybridized carbons (Fsp3) is 0.344. The summed E-state index contributed by atoms with van der Waals surface area (Å²) in [5.41, 5.74) is 3.06. The van der Waals surface area contributed by atoms with Crippen LogP contribution >= 0.6 is 0 Å². The Bertz CT molecular complexity index is 1630. The number of esters is 1. The minimum absolute atomic E-state index is 0.0276. The first-order valence-electron chi connectivity index (χ1n) is 14.4. The Labute approximate surface area is 248 Å². The van der Waals surface area contributed by atoms with Crippen molar-refractivity contribution in [1.29, 1.82) is 0 Å². The fourth-order valence-electron chi connectivity index (χ4n) is 5.73. The van der Waals surface area contributed by atoms with Crippen LogP contribution in [0.1, 0.15) is 59.6 Å². The number of nitrogens with one attached hydrogen (secondary N) is 1. The molecule has 1 aliphatic heterocycles. The number of fused-ring (bicyclic) bond motifs is 2. The van der Waals surface area contributed by atoms with Crippen LogP contribution in [0.2, 0.25) is 0 Å². The maximum atomic E-state index is 14.3. The first-order chi connectivity index (χ1) is 21.0. The molecular weight excluding hydrogens is 550 g/mol. The molecule has 1 atom stereocenters. The Kier molecular flexibility index (Phi) is 8.21. The van der Waals surface area contributed by atoms with E-state index in [0.717, 1.165) is 37.7 Å². The minimum atomic E-state index is -0.985. The van der Waals surface area contributed by atoms with E-state index in [-0.39, 0.29) is 37.7 Å². The molecule has 0 radical (unpaired) electrons. The Morgan fingerprint density at radius 2 is 1.77 bits per heavy atom. The van der Waals surface area contributed by atoms with E-state index < -0.39 is 12.0 Å². The predicted molar refractivity (Wildman–Crippen MR) is 156 cm³/mol. The number of methoxy groups -OCH3 is 1. The number of aromatic nitrogens is 3. The van der Waals surface area contributed by atoms with Gasteiger partial charge in [-0.3, -0.25) is 9.59 Å². The molecule has 43 heavy (non-hydrogen) atoms. The van der Waals surface area contributed by atoms with E-state index >= 15 is 0 Å². The number of amides is 2. The Morgan fingerprint density at radius 3 is 2.56 bits per heavy atom. The van der Waals surface area contributed by atoms with Crippen LogP contribution in [-0.4, -0.2) is 57.6 Å². The van der Waals surface area contributed by atoms with Gasteiger partial charge in [0.05, 0.1) is 18.2 Å². The second-order valence-corrected chi connectivity index (χ2v) is 10.8. The van der Waals surface area contributed by atoms with E-state index in [1.54, 1.807) is 39.9 Å². The summed E-state index contributed by atoms with van der Waals surface area (Å²) in [6.45, 7) is 0.113. The number of hydrogen-bond acceptors (Lipinski definition) is 8. The van der Waals surface area contributed by atoms with Gasteiger partial charge < -0.3 is 24.4 Å². The lowest BCUT2D eigenvalue weighted by molar-refractivity contribution is -0.142. The molecule has 2 aliphatic rings. The fourth-order valence-corrected chi connectivity index (χ4v) is 5.73. The molecule has 6 rings (SSSR count). The summed E-state index contributed by atoms with van der Waals surface area (Å²) in [5, 5.41) is 11.6. The van der Waals surface area contributed by atoms with Gasteiger partial charge in [-0.2, -0.15) is 0 Å². The van der Waals surface area contributed by atoms with Crippen LogP contribution < -0.4 is 14.8 Å². The van der Waals surface area contributed by atoms with Gasteiger partial charge in [0.25, 0.3) is 0 Å². The molecule has 1 fully saturated rings. The summed E-state index contributed by atoms with van der Waals surface area (Å²) in [4.78, 5) is 42.1. The average molecular weight is 584 g/mol. The molecule has 11 heteroatoms. The number of rotatable bonds is 9. The molecule has 1 aliphatic carbocycles. The molecular formula is C32H33N5O6. The maximum absolute atomic E-state index is 14.3. The van der Waals surface area contributed by atoms with Crippen LogP contribution in [0.25, 0.3) is 11.0 Å². The number of carbonyl (C=O) groups excluding carboxylic acids is 3. The minimum Gasteiger partial charge on any atom is -0.465 e. The van der Waals surface area contributed by atoms with E-state index in [1.165, 1.54) is 7.11 Å². The highest BCUT2D eigenvalue weighted by atomic mass is 16.7. The summed E-state index contributed by atoms with van der Waals surface area (Å²) in [7, 11) is 1.32. The molecule has 11 nitrogen and oxygen atoms in total. The summed E-state index contributed by atoms with van der Waals surface area (Å²) in [6.07, 6.45) is 5.01. The largest absolute Gasteiger partial charge is 0.465 e. The third-order valence-corrected chi connectivity index (χ3v) is 7.97. The van der Waals surface area contributed by atoms with Gasteiger partial charge in [-0.1, -0.05) is 54.8 Å². The van der Waals surface area contributed by atoms with Crippen LogP contribution in [0.3, 0.4) is 0 Å². The van der Waals surface area contributed by atoms with E-state index in [2.05, 4.69) is 15.6 Å². The van der Waals surface area contributed by atoms with Crippen molar-refractivity contribution in [3.63, 3.8) is 0 Å². The first-order valence-corrected chi connectivity index (χ1v) is 14.4. The Balaban J connectivity index is 1.38. The van der Waals surface area contributed by atoms with Gasteiger partial charge in [-0.25, -0.2) is 9.48 Å². The zero-order valence-electron chi connectivity index (χ0n) is 23.9. The highest BCUT2D eigenvalue weighted by Gasteiger charge is 2.34. The molecule has 1 saturated carbocycles. The third-order valence-electron chi connectivity index (χ3n) is 7.97. The zero-order chi connectivity index (χ0) is 29.8. The van der Waals surface area contributed by atoms with Crippen molar-refractivity contribution in [1.82, 2.24) is 25.2 Å². The molecule has 1 N–H and O–H groups in total. The molecule has 1 aromatic heterocycles. The van der Waals surface area contributed by atoms with Crippen LogP contribution in [0.15, 0.2) is 66.7 Å². The van der Waals surface area contributed by atoms with Crippen molar-refractivity contribution in [2.24, 2.45) is 0 Å². The molecule has 0 bridgehead atoms. The Hall–Kier alpha value is -4.93. The number of ether oxygens (including phenoxy) is 3. The standard InChI is InChI=1S/C32H33N5O6/c1-41-32(40)23-14-12-22(13-15-23)30(31(39)33-24-7-3-2-4-8-24)36(18-21-11-16-27-28(17-21)43-20-42-27)29(38)19-37-26-10-6-5-9-25(26)34-35-37/h5-6,9-17,24,30H,2-4,7-8,18-20H2,1H3,(H,33,39). The van der Waals surface area contributed by atoms with Gasteiger partial charge >= 0.3 is 5.97 Å². The number of carbonyl (C=O) groups is 3. The lowest BCUT2D eigenvalue weighted by Gasteiger charge is -2.33. The second kappa shape index (κ2) is 12.5. The molecule has 2 heterocycles. The van der Waals surface area contributed by atoms with Crippen molar-refractivity contribution in [2.45, 2.75) is 57.3 Å². The van der Waals surface area contributed by atoms with Crippen LogP contribution in [0.4, 0.5) is 0 Å². The predicted octanol–water partition coefficient (Wildman–Crippen LogP) is 4.17. The molecule has 0 saturated heterocycles. The van der Waals surface area contributed by atoms with Crippen molar-refractivity contribution in [3.8, 4) is 11.5 Å². The third kappa shape index (κ3) is 6.15. The summed E-state index contributed by atoms with van der Waals surface area (Å²) in [5.74, 6) is 0.115. The lowest BCUT2D eigenvalue weighted by atomic mass is 9.94. The van der Waals surface area contributed by atoms with Crippen LogP contribution in [-0.2, 0) is 27.4 Å². The average Bonchev–Trinajstić information content (AvgIpc) is 3.68. The van der Waals surface area contributed by atoms with Crippen molar-refractivity contribution >= 4 is 28.8 Å². The molecule has 1 unspecified atom stereocenters. The number of nitrogens with zero attached hydrogens (tertiary/aromatic N) is 4. The van der Waals surface area contributed by atoms with Gasteiger partial charge in [-0.15, -0.1) is 5.10 Å². The van der Waals surface area contributed by atoms with Gasteiger partial charge in [0.2, 0.25) is 18.6 Å². The van der Waals surface area contributed by atoms with Crippen LogP contribution in [0.5, 0.6) is 11.5 Å². The zero-order valence-corrected chi connectivity index (χ0v) is 23.9. The number of hydrogen-bond donors (Lipinski definition) is 1. The van der Waals surface area contributed by atoms with Gasteiger partial charge in [0, 0.05) is 12.6 Å². The maximum Gasteiger partial charge on any atom is 0.337 e. The summed E-state index contributed by atoms with van der Waals surface area (Å²) < 4.78 is 17.5. The lowest BCUT2D eigenvalue weighted by Crippen LogP contribution is -2.47. The second-order valence-electron chi connectivity index (χ2n) is 10.8. The molecule has 0 spiro atoms.